The van der Waals surface area contributed by atoms with E-state index in [1.807, 2.05) is 0 Å². The van der Waals surface area contributed by atoms with Crippen LogP contribution in [0.4, 0.5) is 5.82 Å². The maximum atomic E-state index is 11.9. The fourth-order valence-electron chi connectivity index (χ4n) is 2.42. The number of likely N-dealkylation sites (N-methyl/N-ethyl adjacent to an activating group) is 1. The molecule has 0 radical (unpaired) electrons. The highest BCUT2D eigenvalue weighted by atomic mass is 16.6. The van der Waals surface area contributed by atoms with Crippen LogP contribution < -0.4 is 5.73 Å². The minimum Gasteiger partial charge on any atom is -0.464 e. The molecule has 0 amide bonds. The van der Waals surface area contributed by atoms with Crippen LogP contribution in [0.1, 0.15) is 16.2 Å². The Hall–Kier alpha value is -2.53. The average Bonchev–Trinajstić information content (AvgIpc) is 3.15. The topological polar surface area (TPSA) is 128 Å². The Morgan fingerprint density at radius 1 is 1.30 bits per heavy atom. The molecular formula is C12H18N8O3. The van der Waals surface area contributed by atoms with Gasteiger partial charge in [-0.1, -0.05) is 5.21 Å². The third-order valence-corrected chi connectivity index (χ3v) is 3.81. The molecule has 3 heterocycles. The van der Waals surface area contributed by atoms with Gasteiger partial charge in [-0.15, -0.1) is 5.10 Å². The summed E-state index contributed by atoms with van der Waals surface area (Å²) >= 11 is 0. The maximum absolute atomic E-state index is 11.9. The molecule has 0 unspecified atom stereocenters. The van der Waals surface area contributed by atoms with E-state index in [4.69, 9.17) is 10.5 Å². The lowest BCUT2D eigenvalue weighted by molar-refractivity contribution is 0.0590. The largest absolute Gasteiger partial charge is 0.464 e. The second-order valence-corrected chi connectivity index (χ2v) is 5.34. The molecule has 1 fully saturated rings. The Morgan fingerprint density at radius 2 is 2.04 bits per heavy atom. The summed E-state index contributed by atoms with van der Waals surface area (Å²) in [4.78, 5) is 16.4. The zero-order chi connectivity index (χ0) is 16.4. The van der Waals surface area contributed by atoms with Crippen molar-refractivity contribution >= 4 is 11.8 Å². The Kier molecular flexibility index (Phi) is 4.21. The number of piperazine rings is 1. The summed E-state index contributed by atoms with van der Waals surface area (Å²) in [5.74, 6) is -0.280. The number of hydrogen-bond donors (Lipinski definition) is 1. The van der Waals surface area contributed by atoms with Gasteiger partial charge in [0.2, 0.25) is 11.6 Å². The average molecular weight is 322 g/mol. The van der Waals surface area contributed by atoms with Gasteiger partial charge >= 0.3 is 5.97 Å². The number of ether oxygens (including phenoxy) is 1. The normalized spacial score (nSPS) is 16.6. The first-order valence-corrected chi connectivity index (χ1v) is 7.12. The van der Waals surface area contributed by atoms with Gasteiger partial charge in [0.15, 0.2) is 5.69 Å². The molecule has 0 aromatic carbocycles. The summed E-state index contributed by atoms with van der Waals surface area (Å²) < 4.78 is 10.7. The molecule has 0 saturated carbocycles. The molecule has 3 rings (SSSR count). The Bertz CT molecular complexity index is 688. The zero-order valence-corrected chi connectivity index (χ0v) is 13.0. The van der Waals surface area contributed by atoms with E-state index in [-0.39, 0.29) is 17.3 Å². The monoisotopic (exact) mass is 322 g/mol. The fraction of sp³-hybridized carbons (Fsp3) is 0.583. The number of nitrogen functional groups attached to an aromatic ring is 1. The molecule has 2 aromatic heterocycles. The number of aromatic nitrogens is 5. The van der Waals surface area contributed by atoms with Crippen LogP contribution in [-0.4, -0.2) is 81.4 Å². The predicted octanol–water partition coefficient (Wildman–Crippen LogP) is -1.23. The number of anilines is 1. The van der Waals surface area contributed by atoms with Crippen molar-refractivity contribution in [2.24, 2.45) is 0 Å². The summed E-state index contributed by atoms with van der Waals surface area (Å²) in [5, 5.41) is 15.1. The van der Waals surface area contributed by atoms with E-state index < -0.39 is 5.97 Å². The summed E-state index contributed by atoms with van der Waals surface area (Å²) in [6, 6.07) is 0. The van der Waals surface area contributed by atoms with Crippen molar-refractivity contribution in [2.45, 2.75) is 6.54 Å². The van der Waals surface area contributed by atoms with Crippen molar-refractivity contribution in [3.63, 3.8) is 0 Å². The SMILES string of the molecule is COC(=O)c1nnn(-c2nonc2N)c1CN1CCN(C)CC1. The van der Waals surface area contributed by atoms with Gasteiger partial charge in [-0.25, -0.2) is 9.42 Å². The molecule has 1 saturated heterocycles. The van der Waals surface area contributed by atoms with Crippen molar-refractivity contribution in [1.82, 2.24) is 35.1 Å². The minimum absolute atomic E-state index is 0.0749. The summed E-state index contributed by atoms with van der Waals surface area (Å²) in [5.41, 5.74) is 6.40. The van der Waals surface area contributed by atoms with E-state index in [1.54, 1.807) is 0 Å². The Labute approximate surface area is 131 Å². The zero-order valence-electron chi connectivity index (χ0n) is 13.0. The highest BCUT2D eigenvalue weighted by Crippen LogP contribution is 2.18. The fourth-order valence-corrected chi connectivity index (χ4v) is 2.42. The highest BCUT2D eigenvalue weighted by Gasteiger charge is 2.26. The third-order valence-electron chi connectivity index (χ3n) is 3.81. The number of methoxy groups -OCH3 is 1. The van der Waals surface area contributed by atoms with Crippen molar-refractivity contribution < 1.29 is 14.2 Å². The smallest absolute Gasteiger partial charge is 0.360 e. The van der Waals surface area contributed by atoms with Crippen LogP contribution >= 0.6 is 0 Å². The van der Waals surface area contributed by atoms with Crippen molar-refractivity contribution in [3.05, 3.63) is 11.4 Å². The molecule has 0 bridgehead atoms. The van der Waals surface area contributed by atoms with Gasteiger partial charge in [-0.3, -0.25) is 4.90 Å². The molecule has 0 atom stereocenters. The summed E-state index contributed by atoms with van der Waals surface area (Å²) in [7, 11) is 3.37. The number of rotatable bonds is 4. The molecule has 1 aliphatic heterocycles. The van der Waals surface area contributed by atoms with E-state index in [0.29, 0.717) is 12.2 Å². The first-order chi connectivity index (χ1) is 11.1. The van der Waals surface area contributed by atoms with Gasteiger partial charge in [0.25, 0.3) is 0 Å². The molecule has 11 heteroatoms. The van der Waals surface area contributed by atoms with Gasteiger partial charge in [0.05, 0.1) is 12.8 Å². The molecule has 23 heavy (non-hydrogen) atoms. The van der Waals surface area contributed by atoms with Gasteiger partial charge < -0.3 is 15.4 Å². The van der Waals surface area contributed by atoms with Crippen LogP contribution in [0.2, 0.25) is 0 Å². The van der Waals surface area contributed by atoms with Crippen LogP contribution in [0.5, 0.6) is 0 Å². The summed E-state index contributed by atoms with van der Waals surface area (Å²) in [6.45, 7) is 4.10. The number of hydrogen-bond acceptors (Lipinski definition) is 10. The molecule has 2 aromatic rings. The third kappa shape index (κ3) is 3.00. The molecule has 124 valence electrons. The van der Waals surface area contributed by atoms with E-state index in [2.05, 4.69) is 42.1 Å². The van der Waals surface area contributed by atoms with E-state index in [1.165, 1.54) is 11.8 Å². The molecule has 2 N–H and O–H groups in total. The van der Waals surface area contributed by atoms with Crippen molar-refractivity contribution in [1.29, 1.82) is 0 Å². The molecule has 11 nitrogen and oxygen atoms in total. The molecule has 0 spiro atoms. The van der Waals surface area contributed by atoms with Crippen molar-refractivity contribution in [3.8, 4) is 5.82 Å². The van der Waals surface area contributed by atoms with Crippen molar-refractivity contribution in [2.75, 3.05) is 46.1 Å². The Morgan fingerprint density at radius 3 is 2.65 bits per heavy atom. The number of carbonyl (C=O) groups is 1. The number of esters is 1. The lowest BCUT2D eigenvalue weighted by Crippen LogP contribution is -2.44. The minimum atomic E-state index is -0.560. The lowest BCUT2D eigenvalue weighted by atomic mass is 10.2. The first-order valence-electron chi connectivity index (χ1n) is 7.12. The van der Waals surface area contributed by atoms with Gasteiger partial charge in [0, 0.05) is 32.7 Å². The lowest BCUT2D eigenvalue weighted by Gasteiger charge is -2.32. The van der Waals surface area contributed by atoms with Crippen LogP contribution in [-0.2, 0) is 11.3 Å². The number of carbonyl (C=O) groups excluding carboxylic acids is 1. The predicted molar refractivity (Wildman–Crippen MR) is 77.7 cm³/mol. The highest BCUT2D eigenvalue weighted by molar-refractivity contribution is 5.88. The molecule has 1 aliphatic rings. The number of nitrogens with two attached hydrogens (primary N) is 1. The standard InChI is InChI=1S/C12H18N8O3/c1-18-3-5-19(6-4-18)7-8-9(12(21)22-2)14-17-20(8)11-10(13)15-23-16-11/h3-7H2,1-2H3,(H2,13,15). The second kappa shape index (κ2) is 6.30. The number of nitrogens with zero attached hydrogens (tertiary/aromatic N) is 7. The molecule has 0 aliphatic carbocycles. The van der Waals surface area contributed by atoms with E-state index in [9.17, 15) is 4.79 Å². The van der Waals surface area contributed by atoms with Crippen LogP contribution in [0, 0.1) is 0 Å². The van der Waals surface area contributed by atoms with Crippen LogP contribution in [0.15, 0.2) is 4.63 Å². The van der Waals surface area contributed by atoms with E-state index in [0.717, 1.165) is 26.2 Å². The second-order valence-electron chi connectivity index (χ2n) is 5.34. The van der Waals surface area contributed by atoms with E-state index >= 15 is 0 Å². The van der Waals surface area contributed by atoms with Crippen LogP contribution in [0.25, 0.3) is 5.82 Å². The van der Waals surface area contributed by atoms with Gasteiger partial charge in [-0.05, 0) is 17.4 Å². The van der Waals surface area contributed by atoms with Gasteiger partial charge in [-0.2, -0.15) is 4.68 Å². The molecular weight excluding hydrogens is 304 g/mol. The van der Waals surface area contributed by atoms with Gasteiger partial charge in [0.1, 0.15) is 0 Å². The quantitative estimate of drug-likeness (QED) is 0.683. The Balaban J connectivity index is 1.93. The van der Waals surface area contributed by atoms with Crippen LogP contribution in [0.3, 0.4) is 0 Å². The maximum Gasteiger partial charge on any atom is 0.360 e. The first kappa shape index (κ1) is 15.4. The summed E-state index contributed by atoms with van der Waals surface area (Å²) in [6.07, 6.45) is 0.